The van der Waals surface area contributed by atoms with Gasteiger partial charge in [-0.15, -0.1) is 0 Å². The molecule has 0 fully saturated rings. The number of phenolic OH excluding ortho intramolecular Hbond substituents is 3. The third-order valence-electron chi connectivity index (χ3n) is 8.53. The van der Waals surface area contributed by atoms with Gasteiger partial charge in [-0.1, -0.05) is 25.8 Å². The Hall–Kier alpha value is -4.73. The Morgan fingerprint density at radius 1 is 0.878 bits per heavy atom. The zero-order valence-corrected chi connectivity index (χ0v) is 22.6. The van der Waals surface area contributed by atoms with Gasteiger partial charge in [-0.05, 0) is 49.6 Å². The number of aromatic hydroxyl groups is 3. The topological polar surface area (TPSA) is 174 Å². The Morgan fingerprint density at radius 3 is 2.22 bits per heavy atom. The lowest BCUT2D eigenvalue weighted by Gasteiger charge is -2.22. The third-order valence-corrected chi connectivity index (χ3v) is 8.53. The first kappa shape index (κ1) is 26.5. The van der Waals surface area contributed by atoms with Gasteiger partial charge in [0.05, 0.1) is 33.3 Å². The van der Waals surface area contributed by atoms with Crippen LogP contribution in [0.3, 0.4) is 0 Å². The molecule has 1 atom stereocenters. The zero-order valence-electron chi connectivity index (χ0n) is 22.6. The second-order valence-corrected chi connectivity index (χ2v) is 10.8. The molecule has 3 aromatic rings. The smallest absolute Gasteiger partial charge is 0.259 e. The summed E-state index contributed by atoms with van der Waals surface area (Å²) in [5.74, 6) is -5.68. The largest absolute Gasteiger partial charge is 0.507 e. The quantitative estimate of drug-likeness (QED) is 0.173. The van der Waals surface area contributed by atoms with Crippen LogP contribution in [0.15, 0.2) is 28.7 Å². The molecule has 3 aliphatic carbocycles. The minimum atomic E-state index is -2.04. The summed E-state index contributed by atoms with van der Waals surface area (Å²) in [6.45, 7) is 4.07. The molecule has 1 spiro atoms. The molecule has 3 aliphatic rings. The van der Waals surface area contributed by atoms with E-state index in [0.717, 1.165) is 25.3 Å². The van der Waals surface area contributed by atoms with Gasteiger partial charge in [0, 0.05) is 23.9 Å². The number of benzene rings is 2. The van der Waals surface area contributed by atoms with Gasteiger partial charge in [0.25, 0.3) is 5.56 Å². The van der Waals surface area contributed by atoms with Crippen molar-refractivity contribution in [3.05, 3.63) is 73.3 Å². The molecule has 1 unspecified atom stereocenters. The lowest BCUT2D eigenvalue weighted by molar-refractivity contribution is 0.0790. The van der Waals surface area contributed by atoms with Gasteiger partial charge >= 0.3 is 0 Å². The molecule has 210 valence electrons. The van der Waals surface area contributed by atoms with Crippen LogP contribution in [-0.4, -0.2) is 50.0 Å². The number of aromatic amines is 1. The van der Waals surface area contributed by atoms with E-state index in [1.807, 2.05) is 0 Å². The predicted molar refractivity (Wildman–Crippen MR) is 148 cm³/mol. The van der Waals surface area contributed by atoms with E-state index in [4.69, 9.17) is 0 Å². The highest BCUT2D eigenvalue weighted by molar-refractivity contribution is 6.39. The average Bonchev–Trinajstić information content (AvgIpc) is 3.42. The third kappa shape index (κ3) is 3.39. The van der Waals surface area contributed by atoms with E-state index in [0.29, 0.717) is 29.6 Å². The second-order valence-electron chi connectivity index (χ2n) is 10.8. The van der Waals surface area contributed by atoms with Gasteiger partial charge in [-0.2, -0.15) is 0 Å². The van der Waals surface area contributed by atoms with Crippen molar-refractivity contribution in [1.29, 1.82) is 0 Å². The maximum Gasteiger partial charge on any atom is 0.259 e. The first-order chi connectivity index (χ1) is 19.6. The maximum absolute atomic E-state index is 14.1. The molecule has 0 saturated heterocycles. The molecule has 6 rings (SSSR count). The normalized spacial score (nSPS) is 19.1. The number of hydrogen-bond donors (Lipinski definition) is 5. The van der Waals surface area contributed by atoms with Gasteiger partial charge in [-0.25, -0.2) is 0 Å². The van der Waals surface area contributed by atoms with Crippen LogP contribution in [0.2, 0.25) is 0 Å². The fourth-order valence-corrected chi connectivity index (χ4v) is 6.69. The molecule has 1 heterocycles. The number of carbonyl (C=O) groups excluding carboxylic acids is 4. The number of aryl methyl sites for hydroxylation is 2. The van der Waals surface area contributed by atoms with E-state index in [1.54, 1.807) is 19.1 Å². The maximum atomic E-state index is 14.1. The van der Waals surface area contributed by atoms with Crippen LogP contribution >= 0.6 is 0 Å². The van der Waals surface area contributed by atoms with Gasteiger partial charge in [0.2, 0.25) is 5.78 Å². The molecule has 0 radical (unpaired) electrons. The van der Waals surface area contributed by atoms with Crippen molar-refractivity contribution >= 4 is 33.9 Å². The van der Waals surface area contributed by atoms with Crippen molar-refractivity contribution in [3.63, 3.8) is 0 Å². The Balaban J connectivity index is 1.54. The second kappa shape index (κ2) is 9.15. The minimum absolute atomic E-state index is 0.0543. The monoisotopic (exact) mass is 556 g/mol. The van der Waals surface area contributed by atoms with Gasteiger partial charge < -0.3 is 25.6 Å². The molecule has 0 amide bonds. The first-order valence-corrected chi connectivity index (χ1v) is 13.8. The van der Waals surface area contributed by atoms with Crippen LogP contribution < -0.4 is 10.9 Å². The number of pyridine rings is 1. The highest BCUT2D eigenvalue weighted by Gasteiger charge is 2.61. The highest BCUT2D eigenvalue weighted by Crippen LogP contribution is 2.57. The van der Waals surface area contributed by atoms with Gasteiger partial charge in [0.15, 0.2) is 17.3 Å². The molecule has 5 N–H and O–H groups in total. The van der Waals surface area contributed by atoms with E-state index in [-0.39, 0.29) is 29.5 Å². The fourth-order valence-electron chi connectivity index (χ4n) is 6.69. The molecule has 41 heavy (non-hydrogen) atoms. The molecule has 0 bridgehead atoms. The number of fused-ring (bicyclic) bond motifs is 5. The number of carbonyl (C=O) groups is 4. The molecule has 2 aromatic carbocycles. The molecule has 0 saturated carbocycles. The van der Waals surface area contributed by atoms with Gasteiger partial charge in [-0.3, -0.25) is 24.0 Å². The number of rotatable bonds is 6. The summed E-state index contributed by atoms with van der Waals surface area (Å²) in [6, 6.07) is 3.47. The Morgan fingerprint density at radius 2 is 1.56 bits per heavy atom. The van der Waals surface area contributed by atoms with Gasteiger partial charge in [0.1, 0.15) is 22.7 Å². The number of allylic oxidation sites excluding steroid dienone is 2. The Kier molecular flexibility index (Phi) is 5.91. The molecule has 10 nitrogen and oxygen atoms in total. The number of likely N-dealkylation sites (N-methyl/N-ethyl adjacent to an activating group) is 1. The number of nitrogens with one attached hydrogen (secondary N) is 2. The van der Waals surface area contributed by atoms with Crippen molar-refractivity contribution in [1.82, 2.24) is 10.3 Å². The summed E-state index contributed by atoms with van der Waals surface area (Å²) in [4.78, 5) is 70.2. The molecule has 10 heteroatoms. The highest BCUT2D eigenvalue weighted by atomic mass is 16.3. The zero-order chi connectivity index (χ0) is 29.4. The number of Topliss-reactive ketones (excluding diaryl/α,β-unsaturated/α-hetero) is 3. The first-order valence-electron chi connectivity index (χ1n) is 13.8. The summed E-state index contributed by atoms with van der Waals surface area (Å²) < 4.78 is 0. The molecule has 1 aromatic heterocycles. The summed E-state index contributed by atoms with van der Waals surface area (Å²) in [5.41, 5.74) is -3.83. The number of hydrogen-bond acceptors (Lipinski definition) is 9. The van der Waals surface area contributed by atoms with E-state index in [9.17, 15) is 39.3 Å². The van der Waals surface area contributed by atoms with E-state index in [1.165, 1.54) is 0 Å². The summed E-state index contributed by atoms with van der Waals surface area (Å²) in [6.07, 6.45) is 4.63. The summed E-state index contributed by atoms with van der Waals surface area (Å²) in [7, 11) is 0. The minimum Gasteiger partial charge on any atom is -0.507 e. The van der Waals surface area contributed by atoms with E-state index >= 15 is 0 Å². The number of phenols is 3. The Labute approximate surface area is 233 Å². The fraction of sp³-hybridized carbons (Fsp3) is 0.323. The van der Waals surface area contributed by atoms with E-state index < -0.39 is 73.6 Å². The van der Waals surface area contributed by atoms with Crippen LogP contribution in [0.5, 0.6) is 17.2 Å². The van der Waals surface area contributed by atoms with Crippen LogP contribution in [0.4, 0.5) is 0 Å². The SMILES string of the molecule is CCCCCc1cc2cc3c(c(O)c2c(=O)[nH]1)C1(CC3)C(=O)c2c(O)c3c(c(O)c2C1=O)C(=O)C(NCC)=CC3=O. The van der Waals surface area contributed by atoms with Crippen molar-refractivity contribution in [3.8, 4) is 17.2 Å². The summed E-state index contributed by atoms with van der Waals surface area (Å²) in [5, 5.41) is 36.9. The van der Waals surface area contributed by atoms with Crippen molar-refractivity contribution in [2.24, 2.45) is 0 Å². The van der Waals surface area contributed by atoms with Crippen LogP contribution in [0.1, 0.15) is 97.8 Å². The number of ketones is 4. The van der Waals surface area contributed by atoms with E-state index in [2.05, 4.69) is 17.2 Å². The lowest BCUT2D eigenvalue weighted by atomic mass is 9.76. The number of aromatic nitrogens is 1. The molecule has 0 aliphatic heterocycles. The van der Waals surface area contributed by atoms with Crippen molar-refractivity contribution in [2.45, 2.75) is 57.8 Å². The predicted octanol–water partition coefficient (Wildman–Crippen LogP) is 3.51. The van der Waals surface area contributed by atoms with Crippen molar-refractivity contribution < 1.29 is 34.5 Å². The van der Waals surface area contributed by atoms with Crippen LogP contribution in [-0.2, 0) is 18.3 Å². The van der Waals surface area contributed by atoms with Crippen molar-refractivity contribution in [2.75, 3.05) is 6.54 Å². The average molecular weight is 557 g/mol. The van der Waals surface area contributed by atoms with Crippen LogP contribution in [0.25, 0.3) is 10.8 Å². The molecular weight excluding hydrogens is 528 g/mol. The number of unbranched alkanes of at least 4 members (excludes halogenated alkanes) is 2. The number of H-pyrrole nitrogens is 1. The molecular formula is C31H28N2O8. The standard InChI is InChI=1S/C31H28N2O8/c1-3-5-6-7-15-11-14-10-13-8-9-31(23(13)27(38)18(14)30(41)33-15)28(39)21-22(29(31)40)26(37)20-19(25(21)36)17(34)12-16(24(20)35)32-4-2/h10-12,32,36-38H,3-9H2,1-2H3,(H,33,41). The Bertz CT molecular complexity index is 1850. The van der Waals surface area contributed by atoms with Crippen LogP contribution in [0, 0.1) is 0 Å². The summed E-state index contributed by atoms with van der Waals surface area (Å²) >= 11 is 0. The lowest BCUT2D eigenvalue weighted by Crippen LogP contribution is -2.36.